The first-order valence-electron chi connectivity index (χ1n) is 4.59. The summed E-state index contributed by atoms with van der Waals surface area (Å²) in [6, 6.07) is 2.18. The third kappa shape index (κ3) is 5.56. The van der Waals surface area contributed by atoms with E-state index < -0.39 is 0 Å². The fraction of sp³-hybridized carbons (Fsp3) is 0.889. The summed E-state index contributed by atoms with van der Waals surface area (Å²) < 4.78 is 8.50. The summed E-state index contributed by atoms with van der Waals surface area (Å²) in [5.41, 5.74) is 0. The minimum atomic E-state index is 0.689. The Bertz CT molecular complexity index is 150. The number of halogens is 1. The molecule has 1 aliphatic heterocycles. The number of rotatable bonds is 2. The number of piperidine rings is 1. The maximum Gasteiger partial charge on any atom is 0.0635 e. The van der Waals surface area contributed by atoms with Gasteiger partial charge < -0.3 is 4.90 Å². The molecule has 4 heteroatoms. The summed E-state index contributed by atoms with van der Waals surface area (Å²) in [6.07, 6.45) is 3.31. The van der Waals surface area contributed by atoms with E-state index in [2.05, 4.69) is 17.9 Å². The molecule has 1 heterocycles. The Labute approximate surface area is 78.7 Å². The molecule has 0 atom stereocenters. The lowest BCUT2D eigenvalue weighted by atomic mass is 9.99. The zero-order valence-electron chi connectivity index (χ0n) is 8.04. The molecule has 1 aliphatic rings. The standard InChI is InChI=1S/C9H16N2.FHO/c1-9-3-7-11(8-4-9)6-2-5-10;1-2/h9H,2-4,6-8H2,1H3;2H. The van der Waals surface area contributed by atoms with Crippen molar-refractivity contribution < 1.29 is 9.84 Å². The van der Waals surface area contributed by atoms with Crippen LogP contribution in [-0.4, -0.2) is 29.8 Å². The summed E-state index contributed by atoms with van der Waals surface area (Å²) in [6.45, 7) is 5.68. The van der Waals surface area contributed by atoms with E-state index in [-0.39, 0.29) is 0 Å². The Balaban J connectivity index is 0.000000671. The van der Waals surface area contributed by atoms with E-state index in [0.29, 0.717) is 6.42 Å². The second-order valence-corrected chi connectivity index (χ2v) is 3.43. The number of likely N-dealkylation sites (tertiary alicyclic amines) is 1. The summed E-state index contributed by atoms with van der Waals surface area (Å²) in [5, 5.41) is 13.9. The lowest BCUT2D eigenvalue weighted by Gasteiger charge is -2.29. The van der Waals surface area contributed by atoms with E-state index in [1.165, 1.54) is 25.9 Å². The number of nitriles is 1. The molecule has 0 spiro atoms. The van der Waals surface area contributed by atoms with Gasteiger partial charge in [0.2, 0.25) is 0 Å². The van der Waals surface area contributed by atoms with Gasteiger partial charge in [-0.25, -0.2) is 5.31 Å². The molecule has 1 saturated heterocycles. The summed E-state index contributed by atoms with van der Waals surface area (Å²) in [4.78, 5) is 2.39. The SMILES string of the molecule is CC1CCN(CCC#N)CC1.OF. The van der Waals surface area contributed by atoms with Gasteiger partial charge >= 0.3 is 0 Å². The Morgan fingerprint density at radius 2 is 2.00 bits per heavy atom. The minimum Gasteiger partial charge on any atom is -0.302 e. The van der Waals surface area contributed by atoms with Crippen molar-refractivity contribution in [3.05, 3.63) is 0 Å². The molecular formula is C9H17FN2O. The van der Waals surface area contributed by atoms with Gasteiger partial charge in [-0.05, 0) is 31.8 Å². The highest BCUT2D eigenvalue weighted by molar-refractivity contribution is 4.75. The average molecular weight is 188 g/mol. The van der Waals surface area contributed by atoms with Crippen LogP contribution in [0.2, 0.25) is 0 Å². The predicted molar refractivity (Wildman–Crippen MR) is 48.4 cm³/mol. The molecule has 0 aliphatic carbocycles. The van der Waals surface area contributed by atoms with Gasteiger partial charge in [0.15, 0.2) is 0 Å². The van der Waals surface area contributed by atoms with Gasteiger partial charge in [-0.2, -0.15) is 5.26 Å². The fourth-order valence-corrected chi connectivity index (χ4v) is 1.49. The van der Waals surface area contributed by atoms with E-state index in [4.69, 9.17) is 15.1 Å². The van der Waals surface area contributed by atoms with Crippen LogP contribution >= 0.6 is 0 Å². The monoisotopic (exact) mass is 188 g/mol. The molecule has 0 radical (unpaired) electrons. The first kappa shape index (κ1) is 12.3. The molecule has 0 aromatic heterocycles. The normalized spacial score (nSPS) is 18.6. The highest BCUT2D eigenvalue weighted by Gasteiger charge is 2.14. The van der Waals surface area contributed by atoms with Gasteiger partial charge in [-0.3, -0.25) is 0 Å². The van der Waals surface area contributed by atoms with Crippen LogP contribution < -0.4 is 0 Å². The smallest absolute Gasteiger partial charge is 0.0635 e. The van der Waals surface area contributed by atoms with Gasteiger partial charge in [0.1, 0.15) is 0 Å². The van der Waals surface area contributed by atoms with Crippen LogP contribution in [0.3, 0.4) is 0 Å². The van der Waals surface area contributed by atoms with Crippen LogP contribution in [0, 0.1) is 17.2 Å². The molecule has 1 fully saturated rings. The van der Waals surface area contributed by atoms with Gasteiger partial charge in [0.25, 0.3) is 0 Å². The Kier molecular flexibility index (Phi) is 7.56. The van der Waals surface area contributed by atoms with Crippen molar-refractivity contribution in [1.29, 1.82) is 5.26 Å². The Morgan fingerprint density at radius 3 is 2.46 bits per heavy atom. The number of hydrogen-bond acceptors (Lipinski definition) is 3. The van der Waals surface area contributed by atoms with Gasteiger partial charge in [0, 0.05) is 13.0 Å². The quantitative estimate of drug-likeness (QED) is 0.714. The van der Waals surface area contributed by atoms with Gasteiger partial charge in [-0.15, -0.1) is 0 Å². The van der Waals surface area contributed by atoms with E-state index in [9.17, 15) is 0 Å². The largest absolute Gasteiger partial charge is 0.302 e. The molecule has 3 nitrogen and oxygen atoms in total. The van der Waals surface area contributed by atoms with Gasteiger partial charge in [-0.1, -0.05) is 11.4 Å². The maximum atomic E-state index is 8.50. The van der Waals surface area contributed by atoms with Crippen LogP contribution in [0.5, 0.6) is 0 Å². The predicted octanol–water partition coefficient (Wildman–Crippen LogP) is 1.50. The molecular weight excluding hydrogens is 171 g/mol. The molecule has 1 rings (SSSR count). The maximum absolute atomic E-state index is 8.50. The minimum absolute atomic E-state index is 0.689. The van der Waals surface area contributed by atoms with Crippen LogP contribution in [0.4, 0.5) is 4.53 Å². The third-order valence-electron chi connectivity index (χ3n) is 2.42. The van der Waals surface area contributed by atoms with Crippen LogP contribution in [0.1, 0.15) is 26.2 Å². The first-order valence-corrected chi connectivity index (χ1v) is 4.59. The highest BCUT2D eigenvalue weighted by atomic mass is 19.3. The molecule has 0 bridgehead atoms. The molecule has 1 N–H and O–H groups in total. The van der Waals surface area contributed by atoms with E-state index >= 15 is 0 Å². The van der Waals surface area contributed by atoms with Gasteiger partial charge in [0.05, 0.1) is 6.07 Å². The topological polar surface area (TPSA) is 47.3 Å². The zero-order chi connectivity index (χ0) is 10.1. The highest BCUT2D eigenvalue weighted by Crippen LogP contribution is 2.15. The van der Waals surface area contributed by atoms with E-state index in [0.717, 1.165) is 12.5 Å². The molecule has 0 saturated carbocycles. The molecule has 0 aromatic rings. The average Bonchev–Trinajstić information content (AvgIpc) is 2.20. The molecule has 0 unspecified atom stereocenters. The van der Waals surface area contributed by atoms with Crippen molar-refractivity contribution in [2.45, 2.75) is 26.2 Å². The van der Waals surface area contributed by atoms with Crippen LogP contribution in [0.25, 0.3) is 0 Å². The van der Waals surface area contributed by atoms with Crippen molar-refractivity contribution in [3.63, 3.8) is 0 Å². The first-order chi connectivity index (χ1) is 6.33. The lowest BCUT2D eigenvalue weighted by molar-refractivity contribution is -0.0441. The number of hydrogen-bond donors (Lipinski definition) is 1. The number of nitrogens with zero attached hydrogens (tertiary/aromatic N) is 2. The Hall–Kier alpha value is -0.660. The lowest BCUT2D eigenvalue weighted by Crippen LogP contribution is -2.33. The molecule has 0 amide bonds. The fourth-order valence-electron chi connectivity index (χ4n) is 1.49. The molecule has 13 heavy (non-hydrogen) atoms. The van der Waals surface area contributed by atoms with Crippen LogP contribution in [0.15, 0.2) is 0 Å². The summed E-state index contributed by atoms with van der Waals surface area (Å²) >= 11 is 0. The summed E-state index contributed by atoms with van der Waals surface area (Å²) in [7, 11) is 0. The van der Waals surface area contributed by atoms with Crippen molar-refractivity contribution >= 4 is 0 Å². The zero-order valence-corrected chi connectivity index (χ0v) is 8.04. The van der Waals surface area contributed by atoms with E-state index in [1.54, 1.807) is 0 Å². The van der Waals surface area contributed by atoms with E-state index in [1.807, 2.05) is 0 Å². The molecule has 0 aromatic carbocycles. The van der Waals surface area contributed by atoms with Crippen molar-refractivity contribution in [2.75, 3.05) is 19.6 Å². The molecule has 76 valence electrons. The Morgan fingerprint density at radius 1 is 1.46 bits per heavy atom. The van der Waals surface area contributed by atoms with Crippen LogP contribution in [-0.2, 0) is 0 Å². The van der Waals surface area contributed by atoms with Crippen molar-refractivity contribution in [3.8, 4) is 6.07 Å². The van der Waals surface area contributed by atoms with Crippen molar-refractivity contribution in [1.82, 2.24) is 4.90 Å². The second-order valence-electron chi connectivity index (χ2n) is 3.43. The van der Waals surface area contributed by atoms with Crippen molar-refractivity contribution in [2.24, 2.45) is 5.92 Å². The summed E-state index contributed by atoms with van der Waals surface area (Å²) in [5.74, 6) is 0.897. The second kappa shape index (κ2) is 7.96. The third-order valence-corrected chi connectivity index (χ3v) is 2.42.